The van der Waals surface area contributed by atoms with Gasteiger partial charge in [-0.25, -0.2) is 0 Å². The zero-order valence-electron chi connectivity index (χ0n) is 12.6. The van der Waals surface area contributed by atoms with Crippen LogP contribution in [0.25, 0.3) is 0 Å². The smallest absolute Gasteiger partial charge is 0.136 e. The van der Waals surface area contributed by atoms with Crippen molar-refractivity contribution in [2.45, 2.75) is 51.6 Å². The zero-order chi connectivity index (χ0) is 14.4. The summed E-state index contributed by atoms with van der Waals surface area (Å²) in [5.41, 5.74) is 1.85. The SMILES string of the molecule is CCCC1CCCCN1Cc1ccc(C#N)c(OC)c1. The molecule has 1 unspecified atom stereocenters. The maximum Gasteiger partial charge on any atom is 0.136 e. The summed E-state index contributed by atoms with van der Waals surface area (Å²) in [6, 6.07) is 8.82. The summed E-state index contributed by atoms with van der Waals surface area (Å²) in [5, 5.41) is 9.03. The second-order valence-electron chi connectivity index (χ2n) is 5.56. The Balaban J connectivity index is 2.10. The molecule has 0 N–H and O–H groups in total. The van der Waals surface area contributed by atoms with Crippen LogP contribution in [0, 0.1) is 11.3 Å². The molecule has 108 valence electrons. The minimum Gasteiger partial charge on any atom is -0.495 e. The van der Waals surface area contributed by atoms with E-state index in [1.165, 1.54) is 44.2 Å². The fourth-order valence-corrected chi connectivity index (χ4v) is 3.09. The Hall–Kier alpha value is -1.53. The second kappa shape index (κ2) is 7.31. The molecule has 1 aromatic rings. The van der Waals surface area contributed by atoms with Crippen molar-refractivity contribution >= 4 is 0 Å². The van der Waals surface area contributed by atoms with Crippen LogP contribution in [0.1, 0.15) is 50.2 Å². The zero-order valence-corrected chi connectivity index (χ0v) is 12.6. The fraction of sp³-hybridized carbons (Fsp3) is 0.588. The van der Waals surface area contributed by atoms with Gasteiger partial charge in [0.25, 0.3) is 0 Å². The van der Waals surface area contributed by atoms with Crippen molar-refractivity contribution in [3.05, 3.63) is 29.3 Å². The summed E-state index contributed by atoms with van der Waals surface area (Å²) >= 11 is 0. The molecule has 20 heavy (non-hydrogen) atoms. The van der Waals surface area contributed by atoms with Gasteiger partial charge in [0.1, 0.15) is 11.8 Å². The Morgan fingerprint density at radius 2 is 2.25 bits per heavy atom. The average molecular weight is 272 g/mol. The molecule has 0 aromatic heterocycles. The highest BCUT2D eigenvalue weighted by Crippen LogP contribution is 2.25. The van der Waals surface area contributed by atoms with Gasteiger partial charge in [-0.2, -0.15) is 5.26 Å². The summed E-state index contributed by atoms with van der Waals surface area (Å²) in [4.78, 5) is 2.59. The lowest BCUT2D eigenvalue weighted by Gasteiger charge is -2.35. The topological polar surface area (TPSA) is 36.3 Å². The molecule has 1 fully saturated rings. The molecular weight excluding hydrogens is 248 g/mol. The van der Waals surface area contributed by atoms with Gasteiger partial charge in [-0.1, -0.05) is 25.8 Å². The van der Waals surface area contributed by atoms with Crippen molar-refractivity contribution in [1.29, 1.82) is 5.26 Å². The van der Waals surface area contributed by atoms with E-state index in [9.17, 15) is 0 Å². The number of piperidine rings is 1. The van der Waals surface area contributed by atoms with E-state index in [-0.39, 0.29) is 0 Å². The number of nitriles is 1. The number of methoxy groups -OCH3 is 1. The number of nitrogens with zero attached hydrogens (tertiary/aromatic N) is 2. The van der Waals surface area contributed by atoms with Gasteiger partial charge in [0.05, 0.1) is 12.7 Å². The van der Waals surface area contributed by atoms with Crippen LogP contribution in [-0.4, -0.2) is 24.6 Å². The molecule has 0 spiro atoms. The Labute approximate surface area is 122 Å². The fourth-order valence-electron chi connectivity index (χ4n) is 3.09. The first-order chi connectivity index (χ1) is 9.78. The number of likely N-dealkylation sites (tertiary alicyclic amines) is 1. The van der Waals surface area contributed by atoms with Gasteiger partial charge in [0.15, 0.2) is 0 Å². The van der Waals surface area contributed by atoms with Crippen LogP contribution in [0.15, 0.2) is 18.2 Å². The van der Waals surface area contributed by atoms with E-state index in [2.05, 4.69) is 24.0 Å². The minimum atomic E-state index is 0.611. The van der Waals surface area contributed by atoms with Gasteiger partial charge in [0.2, 0.25) is 0 Å². The Bertz CT molecular complexity index is 476. The van der Waals surface area contributed by atoms with Crippen LogP contribution < -0.4 is 4.74 Å². The molecule has 0 radical (unpaired) electrons. The first-order valence-corrected chi connectivity index (χ1v) is 7.59. The predicted octanol–water partition coefficient (Wildman–Crippen LogP) is 3.72. The maximum absolute atomic E-state index is 9.03. The van der Waals surface area contributed by atoms with Crippen LogP contribution in [0.5, 0.6) is 5.75 Å². The predicted molar refractivity (Wildman–Crippen MR) is 80.7 cm³/mol. The average Bonchev–Trinajstić information content (AvgIpc) is 2.49. The molecule has 3 nitrogen and oxygen atoms in total. The molecule has 0 aliphatic carbocycles. The van der Waals surface area contributed by atoms with E-state index < -0.39 is 0 Å². The third-order valence-corrected chi connectivity index (χ3v) is 4.14. The first-order valence-electron chi connectivity index (χ1n) is 7.59. The number of rotatable bonds is 5. The molecule has 1 saturated heterocycles. The molecule has 0 amide bonds. The quantitative estimate of drug-likeness (QED) is 0.819. The van der Waals surface area contributed by atoms with Crippen molar-refractivity contribution in [2.75, 3.05) is 13.7 Å². The van der Waals surface area contributed by atoms with Crippen LogP contribution in [0.4, 0.5) is 0 Å². The van der Waals surface area contributed by atoms with E-state index in [0.717, 1.165) is 12.6 Å². The van der Waals surface area contributed by atoms with Gasteiger partial charge < -0.3 is 4.74 Å². The van der Waals surface area contributed by atoms with Crippen molar-refractivity contribution < 1.29 is 4.74 Å². The summed E-state index contributed by atoms with van der Waals surface area (Å²) in [7, 11) is 1.63. The van der Waals surface area contributed by atoms with Crippen LogP contribution in [0.2, 0.25) is 0 Å². The Morgan fingerprint density at radius 3 is 2.95 bits per heavy atom. The number of hydrogen-bond acceptors (Lipinski definition) is 3. The molecule has 1 heterocycles. The minimum absolute atomic E-state index is 0.611. The summed E-state index contributed by atoms with van der Waals surface area (Å²) in [5.74, 6) is 0.689. The Kier molecular flexibility index (Phi) is 5.43. The highest BCUT2D eigenvalue weighted by molar-refractivity contribution is 5.45. The third-order valence-electron chi connectivity index (χ3n) is 4.14. The largest absolute Gasteiger partial charge is 0.495 e. The van der Waals surface area contributed by atoms with Crippen molar-refractivity contribution in [3.63, 3.8) is 0 Å². The molecule has 0 bridgehead atoms. The van der Waals surface area contributed by atoms with E-state index in [1.54, 1.807) is 7.11 Å². The van der Waals surface area contributed by atoms with Gasteiger partial charge in [-0.3, -0.25) is 4.90 Å². The van der Waals surface area contributed by atoms with E-state index >= 15 is 0 Å². The highest BCUT2D eigenvalue weighted by Gasteiger charge is 2.21. The van der Waals surface area contributed by atoms with Gasteiger partial charge >= 0.3 is 0 Å². The van der Waals surface area contributed by atoms with Gasteiger partial charge in [-0.15, -0.1) is 0 Å². The van der Waals surface area contributed by atoms with Gasteiger partial charge in [-0.05, 0) is 43.5 Å². The molecule has 3 heteroatoms. The second-order valence-corrected chi connectivity index (χ2v) is 5.56. The lowest BCUT2D eigenvalue weighted by atomic mass is 9.97. The van der Waals surface area contributed by atoms with Crippen molar-refractivity contribution in [1.82, 2.24) is 4.90 Å². The number of benzene rings is 1. The summed E-state index contributed by atoms with van der Waals surface area (Å²) in [6.07, 6.45) is 6.51. The standard InChI is InChI=1S/C17H24N2O/c1-3-6-16-7-4-5-10-19(16)13-14-8-9-15(12-18)17(11-14)20-2/h8-9,11,16H,3-7,10,13H2,1-2H3. The third kappa shape index (κ3) is 3.52. The molecule has 0 saturated carbocycles. The van der Waals surface area contributed by atoms with Crippen LogP contribution in [-0.2, 0) is 6.54 Å². The maximum atomic E-state index is 9.03. The van der Waals surface area contributed by atoms with E-state index in [1.807, 2.05) is 12.1 Å². The molecular formula is C17H24N2O. The van der Waals surface area contributed by atoms with Crippen LogP contribution in [0.3, 0.4) is 0 Å². The van der Waals surface area contributed by atoms with Gasteiger partial charge in [0, 0.05) is 12.6 Å². The van der Waals surface area contributed by atoms with Crippen molar-refractivity contribution in [2.24, 2.45) is 0 Å². The van der Waals surface area contributed by atoms with E-state index in [4.69, 9.17) is 10.00 Å². The highest BCUT2D eigenvalue weighted by atomic mass is 16.5. The lowest BCUT2D eigenvalue weighted by Crippen LogP contribution is -2.38. The molecule has 2 rings (SSSR count). The molecule has 1 aromatic carbocycles. The molecule has 1 atom stereocenters. The van der Waals surface area contributed by atoms with E-state index in [0.29, 0.717) is 11.3 Å². The molecule has 1 aliphatic heterocycles. The van der Waals surface area contributed by atoms with Crippen molar-refractivity contribution in [3.8, 4) is 11.8 Å². The molecule has 1 aliphatic rings. The first kappa shape index (κ1) is 14.9. The summed E-state index contributed by atoms with van der Waals surface area (Å²) in [6.45, 7) is 4.41. The summed E-state index contributed by atoms with van der Waals surface area (Å²) < 4.78 is 5.30. The number of hydrogen-bond donors (Lipinski definition) is 0. The number of ether oxygens (including phenoxy) is 1. The lowest BCUT2D eigenvalue weighted by molar-refractivity contribution is 0.131. The Morgan fingerprint density at radius 1 is 1.40 bits per heavy atom. The monoisotopic (exact) mass is 272 g/mol. The normalized spacial score (nSPS) is 19.6. The van der Waals surface area contributed by atoms with Crippen LogP contribution >= 0.6 is 0 Å².